The first-order chi connectivity index (χ1) is 9.38. The molecule has 2 rings (SSSR count). The molecule has 1 aliphatic carbocycles. The van der Waals surface area contributed by atoms with E-state index in [0.29, 0.717) is 5.96 Å². The highest BCUT2D eigenvalue weighted by atomic mass is 15.3. The number of nitrogens with two attached hydrogens (primary N) is 1. The number of aliphatic imine (C=N–C) groups is 1. The Morgan fingerprint density at radius 1 is 1.21 bits per heavy atom. The van der Waals surface area contributed by atoms with E-state index in [0.717, 1.165) is 24.6 Å². The third-order valence-corrected chi connectivity index (χ3v) is 3.69. The second-order valence-corrected chi connectivity index (χ2v) is 5.16. The van der Waals surface area contributed by atoms with Crippen molar-refractivity contribution in [3.63, 3.8) is 0 Å². The summed E-state index contributed by atoms with van der Waals surface area (Å²) < 4.78 is 0. The maximum absolute atomic E-state index is 5.48. The van der Waals surface area contributed by atoms with Crippen LogP contribution in [0.15, 0.2) is 35.3 Å². The lowest BCUT2D eigenvalue weighted by molar-refractivity contribution is 0.488. The SMILES string of the molecule is NNC(=NCCCC1CCCC1)Nc1ccccc1. The average molecular weight is 260 g/mol. The number of rotatable bonds is 5. The van der Waals surface area contributed by atoms with Gasteiger partial charge in [0.2, 0.25) is 5.96 Å². The topological polar surface area (TPSA) is 62.4 Å². The van der Waals surface area contributed by atoms with Crippen molar-refractivity contribution in [2.24, 2.45) is 16.8 Å². The summed E-state index contributed by atoms with van der Waals surface area (Å²) in [5, 5.41) is 3.17. The summed E-state index contributed by atoms with van der Waals surface area (Å²) in [6.45, 7) is 0.829. The Hall–Kier alpha value is -1.55. The van der Waals surface area contributed by atoms with Gasteiger partial charge in [0.1, 0.15) is 0 Å². The Balaban J connectivity index is 1.72. The van der Waals surface area contributed by atoms with Crippen LogP contribution in [-0.2, 0) is 0 Å². The molecule has 1 aromatic carbocycles. The molecule has 0 radical (unpaired) electrons. The van der Waals surface area contributed by atoms with E-state index in [-0.39, 0.29) is 0 Å². The van der Waals surface area contributed by atoms with Gasteiger partial charge in [-0.05, 0) is 30.9 Å². The minimum Gasteiger partial charge on any atom is -0.325 e. The Morgan fingerprint density at radius 3 is 2.63 bits per heavy atom. The summed E-state index contributed by atoms with van der Waals surface area (Å²) in [5.41, 5.74) is 3.61. The molecule has 0 amide bonds. The lowest BCUT2D eigenvalue weighted by atomic mass is 10.0. The lowest BCUT2D eigenvalue weighted by Crippen LogP contribution is -2.36. The number of guanidine groups is 1. The molecular weight excluding hydrogens is 236 g/mol. The quantitative estimate of drug-likeness (QED) is 0.251. The zero-order chi connectivity index (χ0) is 13.3. The van der Waals surface area contributed by atoms with Crippen molar-refractivity contribution < 1.29 is 0 Å². The molecule has 0 spiro atoms. The molecule has 0 heterocycles. The number of hydrogen-bond donors (Lipinski definition) is 3. The van der Waals surface area contributed by atoms with E-state index < -0.39 is 0 Å². The molecule has 0 unspecified atom stereocenters. The highest BCUT2D eigenvalue weighted by molar-refractivity contribution is 5.93. The smallest absolute Gasteiger partial charge is 0.210 e. The Labute approximate surface area is 115 Å². The van der Waals surface area contributed by atoms with Crippen LogP contribution in [0.5, 0.6) is 0 Å². The molecule has 0 saturated heterocycles. The molecule has 4 nitrogen and oxygen atoms in total. The van der Waals surface area contributed by atoms with Gasteiger partial charge in [0.15, 0.2) is 0 Å². The number of benzene rings is 1. The summed E-state index contributed by atoms with van der Waals surface area (Å²) in [6.07, 6.45) is 8.10. The molecule has 0 aliphatic heterocycles. The normalized spacial score (nSPS) is 16.6. The highest BCUT2D eigenvalue weighted by Crippen LogP contribution is 2.28. The maximum Gasteiger partial charge on any atom is 0.210 e. The number of nitrogens with zero attached hydrogens (tertiary/aromatic N) is 1. The molecule has 1 aromatic rings. The van der Waals surface area contributed by atoms with Gasteiger partial charge < -0.3 is 5.32 Å². The van der Waals surface area contributed by atoms with Gasteiger partial charge in [-0.25, -0.2) is 5.84 Å². The number of para-hydroxylation sites is 1. The Bertz CT molecular complexity index is 382. The molecule has 0 bridgehead atoms. The maximum atomic E-state index is 5.48. The van der Waals surface area contributed by atoms with Crippen molar-refractivity contribution in [2.75, 3.05) is 11.9 Å². The summed E-state index contributed by atoms with van der Waals surface area (Å²) >= 11 is 0. The summed E-state index contributed by atoms with van der Waals surface area (Å²) in [4.78, 5) is 4.47. The Morgan fingerprint density at radius 2 is 1.95 bits per heavy atom. The molecule has 1 saturated carbocycles. The van der Waals surface area contributed by atoms with Gasteiger partial charge in [0.25, 0.3) is 0 Å². The largest absolute Gasteiger partial charge is 0.325 e. The average Bonchev–Trinajstić information content (AvgIpc) is 2.96. The second-order valence-electron chi connectivity index (χ2n) is 5.16. The van der Waals surface area contributed by atoms with Crippen LogP contribution in [0.4, 0.5) is 5.69 Å². The zero-order valence-corrected chi connectivity index (χ0v) is 11.4. The van der Waals surface area contributed by atoms with E-state index in [1.54, 1.807) is 0 Å². The van der Waals surface area contributed by atoms with E-state index in [2.05, 4.69) is 15.7 Å². The minimum absolute atomic E-state index is 0.637. The van der Waals surface area contributed by atoms with Gasteiger partial charge in [-0.15, -0.1) is 0 Å². The van der Waals surface area contributed by atoms with Crippen LogP contribution in [0.25, 0.3) is 0 Å². The highest BCUT2D eigenvalue weighted by Gasteiger charge is 2.13. The van der Waals surface area contributed by atoms with E-state index in [4.69, 9.17) is 5.84 Å². The van der Waals surface area contributed by atoms with E-state index >= 15 is 0 Å². The molecular formula is C15H24N4. The molecule has 4 N–H and O–H groups in total. The van der Waals surface area contributed by atoms with Crippen LogP contribution in [0.3, 0.4) is 0 Å². The van der Waals surface area contributed by atoms with Crippen molar-refractivity contribution in [3.8, 4) is 0 Å². The number of anilines is 1. The van der Waals surface area contributed by atoms with Gasteiger partial charge in [-0.2, -0.15) is 0 Å². The summed E-state index contributed by atoms with van der Waals surface area (Å²) in [5.74, 6) is 7.06. The van der Waals surface area contributed by atoms with Gasteiger partial charge >= 0.3 is 0 Å². The predicted molar refractivity (Wildman–Crippen MR) is 80.9 cm³/mol. The number of nitrogens with one attached hydrogen (secondary N) is 2. The first-order valence-corrected chi connectivity index (χ1v) is 7.21. The van der Waals surface area contributed by atoms with Crippen LogP contribution in [0.1, 0.15) is 38.5 Å². The first-order valence-electron chi connectivity index (χ1n) is 7.21. The van der Waals surface area contributed by atoms with Gasteiger partial charge in [0, 0.05) is 12.2 Å². The van der Waals surface area contributed by atoms with Gasteiger partial charge in [0.05, 0.1) is 0 Å². The molecule has 1 aliphatic rings. The van der Waals surface area contributed by atoms with E-state index in [9.17, 15) is 0 Å². The van der Waals surface area contributed by atoms with E-state index in [1.165, 1.54) is 32.1 Å². The van der Waals surface area contributed by atoms with Crippen molar-refractivity contribution >= 4 is 11.6 Å². The first kappa shape index (κ1) is 13.9. The lowest BCUT2D eigenvalue weighted by Gasteiger charge is -2.10. The fourth-order valence-electron chi connectivity index (χ4n) is 2.65. The zero-order valence-electron chi connectivity index (χ0n) is 11.4. The van der Waals surface area contributed by atoms with Crippen molar-refractivity contribution in [2.45, 2.75) is 38.5 Å². The summed E-state index contributed by atoms with van der Waals surface area (Å²) in [6, 6.07) is 9.93. The van der Waals surface area contributed by atoms with Crippen molar-refractivity contribution in [3.05, 3.63) is 30.3 Å². The molecule has 4 heteroatoms. The van der Waals surface area contributed by atoms with Crippen molar-refractivity contribution in [1.82, 2.24) is 5.43 Å². The van der Waals surface area contributed by atoms with Crippen LogP contribution in [0.2, 0.25) is 0 Å². The van der Waals surface area contributed by atoms with Crippen LogP contribution >= 0.6 is 0 Å². The summed E-state index contributed by atoms with van der Waals surface area (Å²) in [7, 11) is 0. The number of hydrogen-bond acceptors (Lipinski definition) is 2. The van der Waals surface area contributed by atoms with Crippen LogP contribution in [0, 0.1) is 5.92 Å². The minimum atomic E-state index is 0.637. The van der Waals surface area contributed by atoms with Crippen LogP contribution in [-0.4, -0.2) is 12.5 Å². The second kappa shape index (κ2) is 7.79. The third kappa shape index (κ3) is 4.91. The van der Waals surface area contributed by atoms with Gasteiger partial charge in [-0.1, -0.05) is 43.9 Å². The molecule has 0 aromatic heterocycles. The molecule has 0 atom stereocenters. The van der Waals surface area contributed by atoms with Crippen LogP contribution < -0.4 is 16.6 Å². The van der Waals surface area contributed by atoms with E-state index in [1.807, 2.05) is 30.3 Å². The fourth-order valence-corrected chi connectivity index (χ4v) is 2.65. The monoisotopic (exact) mass is 260 g/mol. The van der Waals surface area contributed by atoms with Gasteiger partial charge in [-0.3, -0.25) is 10.4 Å². The molecule has 19 heavy (non-hydrogen) atoms. The fraction of sp³-hybridized carbons (Fsp3) is 0.533. The van der Waals surface area contributed by atoms with Crippen molar-refractivity contribution in [1.29, 1.82) is 0 Å². The predicted octanol–water partition coefficient (Wildman–Crippen LogP) is 2.89. The Kier molecular flexibility index (Phi) is 5.69. The number of hydrazine groups is 1. The molecule has 1 fully saturated rings. The molecule has 104 valence electrons. The standard InChI is InChI=1S/C15H24N4/c16-19-15(18-14-10-2-1-3-11-14)17-12-6-9-13-7-4-5-8-13/h1-3,10-11,13H,4-9,12,16H2,(H2,17,18,19). The third-order valence-electron chi connectivity index (χ3n) is 3.69.